The van der Waals surface area contributed by atoms with E-state index in [0.29, 0.717) is 17.1 Å². The van der Waals surface area contributed by atoms with Gasteiger partial charge in [0.05, 0.1) is 10.5 Å². The van der Waals surface area contributed by atoms with Crippen LogP contribution in [0.15, 0.2) is 34.7 Å². The largest absolute Gasteiger partial charge is 0.479 e. The van der Waals surface area contributed by atoms with Crippen LogP contribution in [0.2, 0.25) is 0 Å². The molecule has 1 heterocycles. The predicted molar refractivity (Wildman–Crippen MR) is 72.5 cm³/mol. The smallest absolute Gasteiger partial charge is 0.310 e. The summed E-state index contributed by atoms with van der Waals surface area (Å²) >= 11 is 0. The summed E-state index contributed by atoms with van der Waals surface area (Å²) in [6.45, 7) is 1.57. The van der Waals surface area contributed by atoms with Gasteiger partial charge < -0.3 is 9.15 Å². The van der Waals surface area contributed by atoms with Crippen molar-refractivity contribution in [3.8, 4) is 5.75 Å². The number of nitrogens with one attached hydrogen (secondary N) is 1. The van der Waals surface area contributed by atoms with E-state index in [9.17, 15) is 14.9 Å². The highest BCUT2D eigenvalue weighted by atomic mass is 16.6. The molecular formula is C13H13N3O5. The first-order chi connectivity index (χ1) is 10.0. The fourth-order valence-corrected chi connectivity index (χ4v) is 1.80. The molecule has 0 unspecified atom stereocenters. The zero-order valence-corrected chi connectivity index (χ0v) is 11.2. The van der Waals surface area contributed by atoms with E-state index in [4.69, 9.17) is 15.0 Å². The lowest BCUT2D eigenvalue weighted by molar-refractivity contribution is -0.386. The van der Waals surface area contributed by atoms with Crippen molar-refractivity contribution in [1.29, 1.82) is 0 Å². The number of nitrogens with two attached hydrogens (primary N) is 1. The van der Waals surface area contributed by atoms with Crippen LogP contribution in [0.5, 0.6) is 5.75 Å². The number of nitrogens with zero attached hydrogens (tertiary/aromatic N) is 1. The first-order valence-corrected chi connectivity index (χ1v) is 5.99. The molecule has 0 atom stereocenters. The molecule has 0 bridgehead atoms. The minimum atomic E-state index is -0.532. The number of hydrogen-bond acceptors (Lipinski definition) is 6. The summed E-state index contributed by atoms with van der Waals surface area (Å²) in [5, 5.41) is 10.9. The molecule has 0 aliphatic carbocycles. The minimum Gasteiger partial charge on any atom is -0.479 e. The molecule has 2 rings (SSSR count). The molecule has 2 aromatic rings. The van der Waals surface area contributed by atoms with Gasteiger partial charge in [0.15, 0.2) is 5.75 Å². The quantitative estimate of drug-likeness (QED) is 0.374. The average molecular weight is 291 g/mol. The minimum absolute atomic E-state index is 0.0382. The summed E-state index contributed by atoms with van der Waals surface area (Å²) in [6, 6.07) is 7.48. The molecule has 8 nitrogen and oxygen atoms in total. The van der Waals surface area contributed by atoms with Crippen molar-refractivity contribution in [2.45, 2.75) is 13.5 Å². The van der Waals surface area contributed by atoms with Gasteiger partial charge in [-0.3, -0.25) is 20.3 Å². The SMILES string of the molecule is Cc1oc(COc2ccccc2[N+](=O)[O-])cc1C(=O)NN. The summed E-state index contributed by atoms with van der Waals surface area (Å²) in [5.41, 5.74) is 2.16. The van der Waals surface area contributed by atoms with E-state index in [1.54, 1.807) is 19.1 Å². The van der Waals surface area contributed by atoms with Gasteiger partial charge in [0.25, 0.3) is 5.91 Å². The molecular weight excluding hydrogens is 278 g/mol. The van der Waals surface area contributed by atoms with Gasteiger partial charge >= 0.3 is 5.69 Å². The molecule has 8 heteroatoms. The fraction of sp³-hybridized carbons (Fsp3) is 0.154. The lowest BCUT2D eigenvalue weighted by atomic mass is 10.2. The van der Waals surface area contributed by atoms with Crippen LogP contribution in [0.3, 0.4) is 0 Å². The second kappa shape index (κ2) is 6.06. The first-order valence-electron chi connectivity index (χ1n) is 5.99. The highest BCUT2D eigenvalue weighted by molar-refractivity contribution is 5.94. The van der Waals surface area contributed by atoms with Gasteiger partial charge in [0.1, 0.15) is 18.1 Å². The van der Waals surface area contributed by atoms with E-state index < -0.39 is 10.8 Å². The highest BCUT2D eigenvalue weighted by Crippen LogP contribution is 2.27. The summed E-state index contributed by atoms with van der Waals surface area (Å²) in [7, 11) is 0. The Balaban J connectivity index is 2.14. The van der Waals surface area contributed by atoms with Crippen molar-refractivity contribution in [3.05, 3.63) is 57.5 Å². The van der Waals surface area contributed by atoms with Crippen LogP contribution in [-0.2, 0) is 6.61 Å². The van der Waals surface area contributed by atoms with Gasteiger partial charge in [0.2, 0.25) is 0 Å². The molecule has 0 saturated carbocycles. The zero-order chi connectivity index (χ0) is 15.4. The summed E-state index contributed by atoms with van der Waals surface area (Å²) in [6.07, 6.45) is 0. The van der Waals surface area contributed by atoms with Crippen LogP contribution in [0, 0.1) is 17.0 Å². The maximum atomic E-state index is 11.4. The van der Waals surface area contributed by atoms with Crippen molar-refractivity contribution in [2.75, 3.05) is 0 Å². The van der Waals surface area contributed by atoms with Crippen molar-refractivity contribution in [3.63, 3.8) is 0 Å². The number of ether oxygens (including phenoxy) is 1. The van der Waals surface area contributed by atoms with Crippen LogP contribution in [0.4, 0.5) is 5.69 Å². The zero-order valence-electron chi connectivity index (χ0n) is 11.2. The third-order valence-corrected chi connectivity index (χ3v) is 2.78. The van der Waals surface area contributed by atoms with Gasteiger partial charge in [-0.15, -0.1) is 0 Å². The molecule has 0 fully saturated rings. The van der Waals surface area contributed by atoms with Crippen LogP contribution in [0.1, 0.15) is 21.9 Å². The Morgan fingerprint density at radius 2 is 2.19 bits per heavy atom. The Morgan fingerprint density at radius 3 is 2.86 bits per heavy atom. The van der Waals surface area contributed by atoms with Crippen LogP contribution in [-0.4, -0.2) is 10.8 Å². The number of para-hydroxylation sites is 2. The monoisotopic (exact) mass is 291 g/mol. The number of rotatable bonds is 5. The van der Waals surface area contributed by atoms with E-state index in [1.807, 2.05) is 5.43 Å². The lowest BCUT2D eigenvalue weighted by Gasteiger charge is -2.04. The number of nitrogen functional groups attached to an aromatic ring is 1. The maximum absolute atomic E-state index is 11.4. The predicted octanol–water partition coefficient (Wildman–Crippen LogP) is 1.68. The van der Waals surface area contributed by atoms with Crippen molar-refractivity contribution >= 4 is 11.6 Å². The second-order valence-electron chi connectivity index (χ2n) is 4.17. The number of furan rings is 1. The Bertz CT molecular complexity index is 680. The number of benzene rings is 1. The summed E-state index contributed by atoms with van der Waals surface area (Å²) in [5.74, 6) is 5.45. The highest BCUT2D eigenvalue weighted by Gasteiger charge is 2.17. The van der Waals surface area contributed by atoms with Crippen LogP contribution >= 0.6 is 0 Å². The van der Waals surface area contributed by atoms with E-state index in [0.717, 1.165) is 0 Å². The van der Waals surface area contributed by atoms with E-state index >= 15 is 0 Å². The third kappa shape index (κ3) is 3.18. The molecule has 1 aromatic heterocycles. The van der Waals surface area contributed by atoms with E-state index in [2.05, 4.69) is 0 Å². The van der Waals surface area contributed by atoms with Crippen molar-refractivity contribution in [2.24, 2.45) is 5.84 Å². The molecule has 1 aromatic carbocycles. The molecule has 0 saturated heterocycles. The number of carbonyl (C=O) groups is 1. The number of carbonyl (C=O) groups excluding carboxylic acids is 1. The Kier molecular flexibility index (Phi) is 4.19. The van der Waals surface area contributed by atoms with Gasteiger partial charge in [-0.2, -0.15) is 0 Å². The number of hydrazine groups is 1. The second-order valence-corrected chi connectivity index (χ2v) is 4.17. The van der Waals surface area contributed by atoms with Gasteiger partial charge in [-0.05, 0) is 19.1 Å². The maximum Gasteiger partial charge on any atom is 0.310 e. The lowest BCUT2D eigenvalue weighted by Crippen LogP contribution is -2.30. The number of amides is 1. The summed E-state index contributed by atoms with van der Waals surface area (Å²) in [4.78, 5) is 21.8. The van der Waals surface area contributed by atoms with E-state index in [-0.39, 0.29) is 18.0 Å². The molecule has 0 aliphatic rings. The fourth-order valence-electron chi connectivity index (χ4n) is 1.80. The van der Waals surface area contributed by atoms with Crippen LogP contribution < -0.4 is 16.0 Å². The first kappa shape index (κ1) is 14.5. The molecule has 1 amide bonds. The Morgan fingerprint density at radius 1 is 1.48 bits per heavy atom. The third-order valence-electron chi connectivity index (χ3n) is 2.78. The number of hydrogen-bond donors (Lipinski definition) is 2. The van der Waals surface area contributed by atoms with Crippen LogP contribution in [0.25, 0.3) is 0 Å². The molecule has 0 radical (unpaired) electrons. The normalized spacial score (nSPS) is 10.2. The molecule has 21 heavy (non-hydrogen) atoms. The van der Waals surface area contributed by atoms with Gasteiger partial charge in [-0.25, -0.2) is 5.84 Å². The standard InChI is InChI=1S/C13H13N3O5/c1-8-10(13(17)15-14)6-9(21-8)7-20-12-5-3-2-4-11(12)16(18)19/h2-6H,7,14H2,1H3,(H,15,17). The number of aryl methyl sites for hydroxylation is 1. The van der Waals surface area contributed by atoms with Crippen molar-refractivity contribution in [1.82, 2.24) is 5.43 Å². The molecule has 110 valence electrons. The Hall–Kier alpha value is -2.87. The topological polar surface area (TPSA) is 121 Å². The number of nitro groups is 1. The average Bonchev–Trinajstić information content (AvgIpc) is 2.85. The van der Waals surface area contributed by atoms with Crippen molar-refractivity contribution < 1.29 is 18.9 Å². The summed E-state index contributed by atoms with van der Waals surface area (Å²) < 4.78 is 10.7. The molecule has 0 spiro atoms. The van der Waals surface area contributed by atoms with Gasteiger partial charge in [-0.1, -0.05) is 12.1 Å². The molecule has 3 N–H and O–H groups in total. The number of nitro benzene ring substituents is 1. The molecule has 0 aliphatic heterocycles. The Labute approximate surface area is 119 Å². The van der Waals surface area contributed by atoms with E-state index in [1.165, 1.54) is 18.2 Å². The van der Waals surface area contributed by atoms with Gasteiger partial charge in [0, 0.05) is 6.07 Å².